The summed E-state index contributed by atoms with van der Waals surface area (Å²) < 4.78 is 7.01. The lowest BCUT2D eigenvalue weighted by Gasteiger charge is -2.09. The minimum Gasteiger partial charge on any atom is -0.494 e. The third-order valence-electron chi connectivity index (χ3n) is 4.59. The van der Waals surface area contributed by atoms with E-state index in [0.29, 0.717) is 23.9 Å². The summed E-state index contributed by atoms with van der Waals surface area (Å²) in [6.45, 7) is 2.25. The van der Waals surface area contributed by atoms with E-state index in [9.17, 15) is 4.79 Å². The van der Waals surface area contributed by atoms with Crippen molar-refractivity contribution in [2.45, 2.75) is 32.2 Å². The van der Waals surface area contributed by atoms with Gasteiger partial charge in [0, 0.05) is 18.2 Å². The number of hydrogen-bond acceptors (Lipinski definition) is 5. The van der Waals surface area contributed by atoms with Crippen LogP contribution in [0.15, 0.2) is 42.6 Å². The smallest absolute Gasteiger partial charge is 0.274 e. The number of benzene rings is 1. The molecule has 1 N–H and O–H groups in total. The van der Waals surface area contributed by atoms with Crippen LogP contribution in [0.2, 0.25) is 0 Å². The number of pyridine rings is 1. The summed E-state index contributed by atoms with van der Waals surface area (Å²) in [5.41, 5.74) is 4.06. The Kier molecular flexibility index (Phi) is 4.58. The standard InChI is InChI=1S/C20H21N5O2/c1-13-3-10-18(27-2)19(22-13)20(26)21-11-14-4-8-16(9-5-14)25-12-17(23-24-25)15-6-7-15/h3-5,8-10,12,15H,6-7,11H2,1-2H3,(H,21,26). The quantitative estimate of drug-likeness (QED) is 0.728. The number of amides is 1. The number of carbonyl (C=O) groups is 1. The summed E-state index contributed by atoms with van der Waals surface area (Å²) in [6, 6.07) is 11.4. The van der Waals surface area contributed by atoms with Gasteiger partial charge in [0.25, 0.3) is 5.91 Å². The monoisotopic (exact) mass is 363 g/mol. The van der Waals surface area contributed by atoms with E-state index in [1.165, 1.54) is 20.0 Å². The molecule has 1 aliphatic carbocycles. The Labute approximate surface area is 157 Å². The molecule has 3 aromatic rings. The SMILES string of the molecule is COc1ccc(C)nc1C(=O)NCc1ccc(-n2cc(C3CC3)nn2)cc1. The average molecular weight is 363 g/mol. The fourth-order valence-electron chi connectivity index (χ4n) is 2.87. The Balaban J connectivity index is 1.41. The van der Waals surface area contributed by atoms with Gasteiger partial charge in [-0.15, -0.1) is 5.10 Å². The fourth-order valence-corrected chi connectivity index (χ4v) is 2.87. The average Bonchev–Trinajstić information content (AvgIpc) is 3.43. The van der Waals surface area contributed by atoms with E-state index in [-0.39, 0.29) is 5.91 Å². The number of aromatic nitrogens is 4. The van der Waals surface area contributed by atoms with Gasteiger partial charge >= 0.3 is 0 Å². The maximum Gasteiger partial charge on any atom is 0.274 e. The fraction of sp³-hybridized carbons (Fsp3) is 0.300. The molecule has 1 fully saturated rings. The van der Waals surface area contributed by atoms with Gasteiger partial charge in [-0.25, -0.2) is 9.67 Å². The second kappa shape index (κ2) is 7.19. The van der Waals surface area contributed by atoms with Crippen LogP contribution in [0.4, 0.5) is 0 Å². The topological polar surface area (TPSA) is 81.9 Å². The molecule has 0 bridgehead atoms. The van der Waals surface area contributed by atoms with Crippen molar-refractivity contribution in [3.63, 3.8) is 0 Å². The highest BCUT2D eigenvalue weighted by Crippen LogP contribution is 2.38. The van der Waals surface area contributed by atoms with Gasteiger partial charge < -0.3 is 10.1 Å². The largest absolute Gasteiger partial charge is 0.494 e. The lowest BCUT2D eigenvalue weighted by atomic mass is 10.2. The van der Waals surface area contributed by atoms with E-state index in [4.69, 9.17) is 4.74 Å². The Morgan fingerprint density at radius 3 is 2.70 bits per heavy atom. The minimum atomic E-state index is -0.259. The number of aryl methyl sites for hydroxylation is 1. The normalized spacial score (nSPS) is 13.4. The molecule has 2 heterocycles. The molecule has 138 valence electrons. The van der Waals surface area contributed by atoms with Gasteiger partial charge in [0.2, 0.25) is 0 Å². The van der Waals surface area contributed by atoms with Crippen LogP contribution in [0.1, 0.15) is 46.2 Å². The van der Waals surface area contributed by atoms with E-state index < -0.39 is 0 Å². The maximum atomic E-state index is 12.4. The number of rotatable bonds is 6. The van der Waals surface area contributed by atoms with Gasteiger partial charge in [0.1, 0.15) is 5.75 Å². The third kappa shape index (κ3) is 3.81. The molecule has 0 radical (unpaired) electrons. The number of methoxy groups -OCH3 is 1. The van der Waals surface area contributed by atoms with Crippen LogP contribution in [0, 0.1) is 6.92 Å². The van der Waals surface area contributed by atoms with E-state index in [1.54, 1.807) is 10.7 Å². The highest BCUT2D eigenvalue weighted by Gasteiger charge is 2.26. The molecule has 0 unspecified atom stereocenters. The van der Waals surface area contributed by atoms with Gasteiger partial charge in [0.05, 0.1) is 24.7 Å². The van der Waals surface area contributed by atoms with Crippen LogP contribution in [-0.2, 0) is 6.54 Å². The molecule has 4 rings (SSSR count). The van der Waals surface area contributed by atoms with Crippen molar-refractivity contribution in [3.8, 4) is 11.4 Å². The van der Waals surface area contributed by atoms with Gasteiger partial charge in [0.15, 0.2) is 5.69 Å². The van der Waals surface area contributed by atoms with E-state index in [0.717, 1.165) is 22.6 Å². The molecule has 1 saturated carbocycles. The van der Waals surface area contributed by atoms with Crippen molar-refractivity contribution >= 4 is 5.91 Å². The Bertz CT molecular complexity index is 961. The summed E-state index contributed by atoms with van der Waals surface area (Å²) in [5.74, 6) is 0.788. The van der Waals surface area contributed by atoms with Crippen molar-refractivity contribution < 1.29 is 9.53 Å². The first-order chi connectivity index (χ1) is 13.1. The number of hydrogen-bond donors (Lipinski definition) is 1. The molecule has 0 spiro atoms. The van der Waals surface area contributed by atoms with Crippen molar-refractivity contribution in [2.24, 2.45) is 0 Å². The summed E-state index contributed by atoms with van der Waals surface area (Å²) in [5, 5.41) is 11.3. The molecule has 0 saturated heterocycles. The second-order valence-electron chi connectivity index (χ2n) is 6.71. The van der Waals surface area contributed by atoms with Crippen molar-refractivity contribution in [1.29, 1.82) is 0 Å². The molecule has 7 heteroatoms. The number of nitrogens with zero attached hydrogens (tertiary/aromatic N) is 4. The first-order valence-corrected chi connectivity index (χ1v) is 8.95. The Hall–Kier alpha value is -3.22. The molecule has 1 aromatic carbocycles. The van der Waals surface area contributed by atoms with Crippen LogP contribution >= 0.6 is 0 Å². The highest BCUT2D eigenvalue weighted by atomic mass is 16.5. The van der Waals surface area contributed by atoms with Crippen molar-refractivity contribution in [3.05, 3.63) is 65.2 Å². The van der Waals surface area contributed by atoms with E-state index in [2.05, 4.69) is 20.6 Å². The van der Waals surface area contributed by atoms with Crippen LogP contribution in [0.5, 0.6) is 5.75 Å². The number of carbonyl (C=O) groups excluding carboxylic acids is 1. The molecule has 1 amide bonds. The Morgan fingerprint density at radius 1 is 1.22 bits per heavy atom. The predicted molar refractivity (Wildman–Crippen MR) is 100 cm³/mol. The van der Waals surface area contributed by atoms with Crippen LogP contribution in [0.25, 0.3) is 5.69 Å². The van der Waals surface area contributed by atoms with Gasteiger partial charge in [-0.05, 0) is 49.6 Å². The van der Waals surface area contributed by atoms with Gasteiger partial charge in [-0.1, -0.05) is 17.3 Å². The zero-order valence-electron chi connectivity index (χ0n) is 15.3. The third-order valence-corrected chi connectivity index (χ3v) is 4.59. The lowest BCUT2D eigenvalue weighted by Crippen LogP contribution is -2.24. The van der Waals surface area contributed by atoms with Gasteiger partial charge in [-0.2, -0.15) is 0 Å². The molecule has 2 aromatic heterocycles. The van der Waals surface area contributed by atoms with Crippen molar-refractivity contribution in [1.82, 2.24) is 25.3 Å². The molecule has 7 nitrogen and oxygen atoms in total. The summed E-state index contributed by atoms with van der Waals surface area (Å²) in [4.78, 5) is 16.7. The number of ether oxygens (including phenoxy) is 1. The van der Waals surface area contributed by atoms with E-state index in [1.807, 2.05) is 43.5 Å². The van der Waals surface area contributed by atoms with Crippen LogP contribution in [0.3, 0.4) is 0 Å². The summed E-state index contributed by atoms with van der Waals surface area (Å²) in [7, 11) is 1.53. The van der Waals surface area contributed by atoms with Crippen LogP contribution in [-0.4, -0.2) is 33.0 Å². The summed E-state index contributed by atoms with van der Waals surface area (Å²) in [6.07, 6.45) is 4.40. The highest BCUT2D eigenvalue weighted by molar-refractivity contribution is 5.94. The maximum absolute atomic E-state index is 12.4. The minimum absolute atomic E-state index is 0.259. The first kappa shape index (κ1) is 17.2. The lowest BCUT2D eigenvalue weighted by molar-refractivity contribution is 0.0942. The molecule has 0 aliphatic heterocycles. The second-order valence-corrected chi connectivity index (χ2v) is 6.71. The molecular weight excluding hydrogens is 342 g/mol. The van der Waals surface area contributed by atoms with Gasteiger partial charge in [-0.3, -0.25) is 4.79 Å². The summed E-state index contributed by atoms with van der Waals surface area (Å²) >= 11 is 0. The van der Waals surface area contributed by atoms with Crippen molar-refractivity contribution in [2.75, 3.05) is 7.11 Å². The molecule has 0 atom stereocenters. The van der Waals surface area contributed by atoms with Crippen LogP contribution < -0.4 is 10.1 Å². The zero-order valence-corrected chi connectivity index (χ0v) is 15.3. The molecular formula is C20H21N5O2. The van der Waals surface area contributed by atoms with E-state index >= 15 is 0 Å². The predicted octanol–water partition coefficient (Wildman–Crippen LogP) is 2.79. The zero-order chi connectivity index (χ0) is 18.8. The number of nitrogens with one attached hydrogen (secondary N) is 1. The molecule has 27 heavy (non-hydrogen) atoms. The Morgan fingerprint density at radius 2 is 2.00 bits per heavy atom. The molecule has 1 aliphatic rings. The first-order valence-electron chi connectivity index (χ1n) is 8.95.